The molecule has 2 N–H and O–H groups in total. The topological polar surface area (TPSA) is 71.5 Å². The second kappa shape index (κ2) is 9.35. The van der Waals surface area contributed by atoms with Crippen LogP contribution in [-0.2, 0) is 0 Å². The summed E-state index contributed by atoms with van der Waals surface area (Å²) in [5.41, 5.74) is 3.56. The van der Waals surface area contributed by atoms with Crippen molar-refractivity contribution in [2.24, 2.45) is 0 Å². The molecule has 32 heavy (non-hydrogen) atoms. The van der Waals surface area contributed by atoms with Crippen LogP contribution in [-0.4, -0.2) is 23.1 Å². The molecule has 0 saturated carbocycles. The zero-order valence-electron chi connectivity index (χ0n) is 17.9. The first-order chi connectivity index (χ1) is 15.6. The monoisotopic (exact) mass is 424 g/mol. The Labute approximate surface area is 187 Å². The van der Waals surface area contributed by atoms with Crippen LogP contribution in [0.25, 0.3) is 17.0 Å². The van der Waals surface area contributed by atoms with Gasteiger partial charge >= 0.3 is 0 Å². The third kappa shape index (κ3) is 4.47. The molecule has 0 aliphatic rings. The van der Waals surface area contributed by atoms with E-state index in [4.69, 9.17) is 4.74 Å². The van der Waals surface area contributed by atoms with Gasteiger partial charge in [-0.05, 0) is 54.4 Å². The summed E-state index contributed by atoms with van der Waals surface area (Å²) < 4.78 is 5.17. The lowest BCUT2D eigenvalue weighted by molar-refractivity contribution is 0.0944. The number of phenols is 1. The summed E-state index contributed by atoms with van der Waals surface area (Å²) in [6.07, 6.45) is 5.45. The number of rotatable bonds is 6. The number of aromatic nitrogens is 1. The highest BCUT2D eigenvalue weighted by Gasteiger charge is 2.20. The normalized spacial score (nSPS) is 12.1. The van der Waals surface area contributed by atoms with E-state index in [9.17, 15) is 9.90 Å². The molecule has 1 unspecified atom stereocenters. The Morgan fingerprint density at radius 1 is 1.06 bits per heavy atom. The quantitative estimate of drug-likeness (QED) is 0.432. The first-order valence-electron chi connectivity index (χ1n) is 10.3. The molecule has 0 spiro atoms. The average Bonchev–Trinajstić information content (AvgIpc) is 2.84. The van der Waals surface area contributed by atoms with Gasteiger partial charge in [-0.15, -0.1) is 0 Å². The Morgan fingerprint density at radius 3 is 2.53 bits per heavy atom. The van der Waals surface area contributed by atoms with E-state index < -0.39 is 6.04 Å². The molecule has 1 amide bonds. The van der Waals surface area contributed by atoms with Crippen LogP contribution < -0.4 is 10.1 Å². The van der Waals surface area contributed by atoms with Gasteiger partial charge in [0.05, 0.1) is 13.2 Å². The Balaban J connectivity index is 1.74. The summed E-state index contributed by atoms with van der Waals surface area (Å²) in [5, 5.41) is 14.9. The second-order valence-corrected chi connectivity index (χ2v) is 7.48. The fraction of sp³-hybridized carbons (Fsp3) is 0.111. The first-order valence-corrected chi connectivity index (χ1v) is 10.3. The van der Waals surface area contributed by atoms with E-state index in [2.05, 4.69) is 10.3 Å². The van der Waals surface area contributed by atoms with Crippen LogP contribution in [0.2, 0.25) is 0 Å². The number of carbonyl (C=O) groups excluding carboxylic acids is 1. The molecule has 1 atom stereocenters. The summed E-state index contributed by atoms with van der Waals surface area (Å²) >= 11 is 0. The number of nitrogens with one attached hydrogen (secondary N) is 1. The van der Waals surface area contributed by atoms with Crippen molar-refractivity contribution in [3.8, 4) is 11.5 Å². The Kier molecular flexibility index (Phi) is 6.17. The van der Waals surface area contributed by atoms with Gasteiger partial charge < -0.3 is 15.2 Å². The lowest BCUT2D eigenvalue weighted by Gasteiger charge is -2.19. The van der Waals surface area contributed by atoms with Crippen molar-refractivity contribution >= 4 is 22.9 Å². The fourth-order valence-corrected chi connectivity index (χ4v) is 3.63. The van der Waals surface area contributed by atoms with E-state index in [1.165, 1.54) is 0 Å². The van der Waals surface area contributed by atoms with Gasteiger partial charge in [0.25, 0.3) is 5.91 Å². The van der Waals surface area contributed by atoms with Gasteiger partial charge in [0.1, 0.15) is 17.0 Å². The largest absolute Gasteiger partial charge is 0.505 e. The molecule has 5 heteroatoms. The number of methoxy groups -OCH3 is 1. The van der Waals surface area contributed by atoms with Gasteiger partial charge in [-0.1, -0.05) is 48.6 Å². The van der Waals surface area contributed by atoms with E-state index in [1.54, 1.807) is 37.6 Å². The highest BCUT2D eigenvalue weighted by Crippen LogP contribution is 2.34. The smallest absolute Gasteiger partial charge is 0.252 e. The van der Waals surface area contributed by atoms with E-state index in [-0.39, 0.29) is 11.7 Å². The molecule has 1 aromatic heterocycles. The minimum Gasteiger partial charge on any atom is -0.505 e. The number of carbonyl (C=O) groups is 1. The van der Waals surface area contributed by atoms with Gasteiger partial charge in [0.2, 0.25) is 0 Å². The number of fused-ring (bicyclic) bond motifs is 1. The molecule has 5 nitrogen and oxygen atoms in total. The number of nitrogens with zero attached hydrogens (tertiary/aromatic N) is 1. The highest BCUT2D eigenvalue weighted by atomic mass is 16.5. The van der Waals surface area contributed by atoms with Crippen LogP contribution in [0.1, 0.15) is 33.1 Å². The van der Waals surface area contributed by atoms with E-state index in [1.807, 2.05) is 67.6 Å². The maximum absolute atomic E-state index is 13.0. The van der Waals surface area contributed by atoms with Gasteiger partial charge in [-0.25, -0.2) is 0 Å². The minimum atomic E-state index is -0.560. The molecule has 1 heterocycles. The third-order valence-corrected chi connectivity index (χ3v) is 5.36. The zero-order valence-corrected chi connectivity index (χ0v) is 17.9. The molecule has 4 rings (SSSR count). The number of pyridine rings is 1. The molecule has 0 radical (unpaired) electrons. The number of amides is 1. The number of ether oxygens (including phenoxy) is 1. The van der Waals surface area contributed by atoms with Crippen molar-refractivity contribution in [2.45, 2.75) is 13.0 Å². The molecule has 0 aliphatic carbocycles. The van der Waals surface area contributed by atoms with Crippen molar-refractivity contribution in [1.29, 1.82) is 0 Å². The molecular formula is C27H24N2O3. The van der Waals surface area contributed by atoms with Crippen LogP contribution in [0.15, 0.2) is 85.1 Å². The van der Waals surface area contributed by atoms with E-state index >= 15 is 0 Å². The summed E-state index contributed by atoms with van der Waals surface area (Å²) in [4.78, 5) is 17.4. The molecule has 160 valence electrons. The summed E-state index contributed by atoms with van der Waals surface area (Å²) in [6.45, 7) is 1.97. The number of aromatic hydroxyl groups is 1. The Morgan fingerprint density at radius 2 is 1.81 bits per heavy atom. The predicted molar refractivity (Wildman–Crippen MR) is 127 cm³/mol. The third-order valence-electron chi connectivity index (χ3n) is 5.36. The lowest BCUT2D eigenvalue weighted by atomic mass is 9.97. The molecular weight excluding hydrogens is 400 g/mol. The van der Waals surface area contributed by atoms with Crippen LogP contribution >= 0.6 is 0 Å². The molecule has 3 aromatic carbocycles. The van der Waals surface area contributed by atoms with Gasteiger partial charge in [-0.3, -0.25) is 9.78 Å². The van der Waals surface area contributed by atoms with Crippen LogP contribution in [0.4, 0.5) is 0 Å². The summed E-state index contributed by atoms with van der Waals surface area (Å²) in [6, 6.07) is 21.8. The minimum absolute atomic E-state index is 0.0592. The first kappa shape index (κ1) is 21.1. The maximum Gasteiger partial charge on any atom is 0.252 e. The van der Waals surface area contributed by atoms with Gasteiger partial charge in [0.15, 0.2) is 0 Å². The SMILES string of the molecule is COc1ccc(C(=O)NC(/C=C/c2ccccc2)c2cc(C)c3cccnc3c2O)cc1. The second-order valence-electron chi connectivity index (χ2n) is 7.48. The Hall–Kier alpha value is -4.12. The van der Waals surface area contributed by atoms with Crippen LogP contribution in [0.5, 0.6) is 11.5 Å². The Bertz CT molecular complexity index is 1270. The fourth-order valence-electron chi connectivity index (χ4n) is 3.63. The number of hydrogen-bond donors (Lipinski definition) is 2. The van der Waals surface area contributed by atoms with Crippen LogP contribution in [0, 0.1) is 6.92 Å². The molecule has 0 aliphatic heterocycles. The van der Waals surface area contributed by atoms with Crippen LogP contribution in [0.3, 0.4) is 0 Å². The van der Waals surface area contributed by atoms with E-state index in [0.717, 1.165) is 16.5 Å². The zero-order chi connectivity index (χ0) is 22.5. The van der Waals surface area contributed by atoms with Crippen molar-refractivity contribution in [2.75, 3.05) is 7.11 Å². The molecule has 0 fully saturated rings. The van der Waals surface area contributed by atoms with Crippen molar-refractivity contribution < 1.29 is 14.6 Å². The van der Waals surface area contributed by atoms with Gasteiger partial charge in [0, 0.05) is 22.7 Å². The summed E-state index contributed by atoms with van der Waals surface area (Å²) in [5.74, 6) is 0.480. The number of benzene rings is 3. The predicted octanol–water partition coefficient (Wildman–Crippen LogP) is 5.44. The maximum atomic E-state index is 13.0. The average molecular weight is 425 g/mol. The molecule has 4 aromatic rings. The summed E-state index contributed by atoms with van der Waals surface area (Å²) in [7, 11) is 1.58. The van der Waals surface area contributed by atoms with E-state index in [0.29, 0.717) is 22.4 Å². The van der Waals surface area contributed by atoms with Crippen molar-refractivity contribution in [3.63, 3.8) is 0 Å². The van der Waals surface area contributed by atoms with Crippen molar-refractivity contribution in [1.82, 2.24) is 10.3 Å². The standard InChI is InChI=1S/C27H24N2O3/c1-18-17-23(26(30)25-22(18)9-6-16-28-25)24(15-10-19-7-4-3-5-8-19)29-27(31)20-11-13-21(32-2)14-12-20/h3-17,24,30H,1-2H3,(H,29,31)/b15-10+. The number of aryl methyl sites for hydroxylation is 1. The lowest BCUT2D eigenvalue weighted by Crippen LogP contribution is -2.27. The number of phenolic OH excluding ortho intramolecular Hbond substituents is 1. The molecule has 0 bridgehead atoms. The van der Waals surface area contributed by atoms with Crippen molar-refractivity contribution in [3.05, 3.63) is 107 Å². The number of hydrogen-bond acceptors (Lipinski definition) is 4. The molecule has 0 saturated heterocycles. The highest BCUT2D eigenvalue weighted by molar-refractivity contribution is 5.95. The van der Waals surface area contributed by atoms with Gasteiger partial charge in [-0.2, -0.15) is 0 Å².